The van der Waals surface area contributed by atoms with Crippen LogP contribution in [0.4, 0.5) is 10.5 Å². The van der Waals surface area contributed by atoms with Crippen LogP contribution < -0.4 is 5.32 Å². The van der Waals surface area contributed by atoms with Crippen molar-refractivity contribution in [3.63, 3.8) is 0 Å². The van der Waals surface area contributed by atoms with Crippen LogP contribution in [0.2, 0.25) is 0 Å². The minimum atomic E-state index is -0.846. The molecule has 0 radical (unpaired) electrons. The summed E-state index contributed by atoms with van der Waals surface area (Å²) in [7, 11) is 1.91. The third-order valence-corrected chi connectivity index (χ3v) is 4.49. The average molecular weight is 342 g/mol. The van der Waals surface area contributed by atoms with Crippen LogP contribution in [0, 0.1) is 11.8 Å². The van der Waals surface area contributed by atoms with E-state index in [0.29, 0.717) is 18.7 Å². The number of likely N-dealkylation sites (tertiary alicyclic amines) is 1. The summed E-state index contributed by atoms with van der Waals surface area (Å²) >= 11 is 0. The fourth-order valence-corrected chi connectivity index (χ4v) is 3.28. The van der Waals surface area contributed by atoms with Gasteiger partial charge in [0.25, 0.3) is 0 Å². The number of anilines is 1. The third kappa shape index (κ3) is 3.81. The number of hydrogen-bond donors (Lipinski definition) is 2. The number of carbonyl (C=O) groups excluding carboxylic acids is 1. The molecule has 1 fully saturated rings. The zero-order valence-electron chi connectivity index (χ0n) is 14.3. The Bertz CT molecular complexity index is 786. The third-order valence-electron chi connectivity index (χ3n) is 4.49. The van der Waals surface area contributed by atoms with E-state index in [2.05, 4.69) is 10.3 Å². The molecule has 2 aromatic rings. The summed E-state index contributed by atoms with van der Waals surface area (Å²) in [6.07, 6.45) is 4.19. The van der Waals surface area contributed by atoms with E-state index >= 15 is 0 Å². The average Bonchev–Trinajstić information content (AvgIpc) is 3.00. The predicted molar refractivity (Wildman–Crippen MR) is 94.1 cm³/mol. The number of aromatic nitrogens is 2. The van der Waals surface area contributed by atoms with Crippen LogP contribution in [0.3, 0.4) is 0 Å². The molecule has 2 N–H and O–H groups in total. The molecule has 0 spiro atoms. The molecule has 1 aliphatic rings. The summed E-state index contributed by atoms with van der Waals surface area (Å²) in [4.78, 5) is 29.7. The van der Waals surface area contributed by atoms with E-state index in [-0.39, 0.29) is 18.5 Å². The van der Waals surface area contributed by atoms with Gasteiger partial charge in [0.1, 0.15) is 5.82 Å². The number of carboxylic acids is 1. The maximum atomic E-state index is 12.5. The second-order valence-electron chi connectivity index (χ2n) is 6.65. The molecule has 1 aliphatic heterocycles. The Morgan fingerprint density at radius 2 is 2.12 bits per heavy atom. The maximum absolute atomic E-state index is 12.5. The molecule has 25 heavy (non-hydrogen) atoms. The van der Waals surface area contributed by atoms with Crippen molar-refractivity contribution in [3.8, 4) is 11.4 Å². The highest BCUT2D eigenvalue weighted by molar-refractivity contribution is 5.90. The quantitative estimate of drug-likeness (QED) is 0.898. The summed E-state index contributed by atoms with van der Waals surface area (Å²) in [5.74, 6) is -0.373. The van der Waals surface area contributed by atoms with Gasteiger partial charge in [-0.05, 0) is 24.5 Å². The lowest BCUT2D eigenvalue weighted by molar-refractivity contribution is -0.143. The van der Waals surface area contributed by atoms with Crippen molar-refractivity contribution in [2.45, 2.75) is 13.3 Å². The molecule has 1 aromatic carbocycles. The van der Waals surface area contributed by atoms with Crippen LogP contribution in [0.5, 0.6) is 0 Å². The number of benzene rings is 1. The molecule has 7 heteroatoms. The molecule has 2 heterocycles. The summed E-state index contributed by atoms with van der Waals surface area (Å²) in [6.45, 7) is 2.77. The normalized spacial score (nSPS) is 20.3. The van der Waals surface area contributed by atoms with E-state index < -0.39 is 11.9 Å². The second kappa shape index (κ2) is 6.96. The molecule has 2 atom stereocenters. The number of urea groups is 1. The van der Waals surface area contributed by atoms with Crippen molar-refractivity contribution in [3.05, 3.63) is 36.7 Å². The number of carboxylic acid groups (broad SMARTS) is 1. The Morgan fingerprint density at radius 3 is 2.80 bits per heavy atom. The minimum Gasteiger partial charge on any atom is -0.481 e. The number of nitrogens with one attached hydrogen (secondary N) is 1. The SMILES string of the molecule is CC1CC(C(=O)O)CN(C(=O)Nc2cccc(-c3nccn3C)c2)C1. The van der Waals surface area contributed by atoms with Crippen LogP contribution in [0.15, 0.2) is 36.7 Å². The monoisotopic (exact) mass is 342 g/mol. The molecule has 0 saturated carbocycles. The van der Waals surface area contributed by atoms with Crippen molar-refractivity contribution < 1.29 is 14.7 Å². The molecule has 2 amide bonds. The van der Waals surface area contributed by atoms with Gasteiger partial charge in [0, 0.05) is 43.8 Å². The Balaban J connectivity index is 1.73. The topological polar surface area (TPSA) is 87.5 Å². The number of nitrogens with zero attached hydrogens (tertiary/aromatic N) is 3. The number of rotatable bonds is 3. The summed E-state index contributed by atoms with van der Waals surface area (Å²) in [6, 6.07) is 7.20. The summed E-state index contributed by atoms with van der Waals surface area (Å²) < 4.78 is 1.91. The predicted octanol–water partition coefficient (Wildman–Crippen LogP) is 2.66. The van der Waals surface area contributed by atoms with Crippen LogP contribution in [0.25, 0.3) is 11.4 Å². The van der Waals surface area contributed by atoms with E-state index in [1.807, 2.05) is 49.0 Å². The van der Waals surface area contributed by atoms with Gasteiger partial charge in [0.05, 0.1) is 5.92 Å². The lowest BCUT2D eigenvalue weighted by Gasteiger charge is -2.34. The van der Waals surface area contributed by atoms with Gasteiger partial charge in [-0.3, -0.25) is 4.79 Å². The molecule has 0 bridgehead atoms. The maximum Gasteiger partial charge on any atom is 0.321 e. The van der Waals surface area contributed by atoms with Gasteiger partial charge in [-0.1, -0.05) is 19.1 Å². The van der Waals surface area contributed by atoms with Crippen LogP contribution in [-0.2, 0) is 11.8 Å². The fraction of sp³-hybridized carbons (Fsp3) is 0.389. The molecule has 7 nitrogen and oxygen atoms in total. The van der Waals surface area contributed by atoms with E-state index in [1.165, 1.54) is 0 Å². The largest absolute Gasteiger partial charge is 0.481 e. The van der Waals surface area contributed by atoms with Gasteiger partial charge in [0.15, 0.2) is 0 Å². The fourth-order valence-electron chi connectivity index (χ4n) is 3.28. The molecular weight excluding hydrogens is 320 g/mol. The molecule has 132 valence electrons. The summed E-state index contributed by atoms with van der Waals surface area (Å²) in [5, 5.41) is 12.1. The smallest absolute Gasteiger partial charge is 0.321 e. The van der Waals surface area contributed by atoms with E-state index in [9.17, 15) is 14.7 Å². The van der Waals surface area contributed by atoms with Crippen LogP contribution in [0.1, 0.15) is 13.3 Å². The first-order valence-corrected chi connectivity index (χ1v) is 8.30. The van der Waals surface area contributed by atoms with Crippen LogP contribution in [-0.4, -0.2) is 44.6 Å². The molecular formula is C18H22N4O3. The van der Waals surface area contributed by atoms with Gasteiger partial charge >= 0.3 is 12.0 Å². The molecule has 2 unspecified atom stereocenters. The number of amides is 2. The second-order valence-corrected chi connectivity index (χ2v) is 6.65. The van der Waals surface area contributed by atoms with E-state index in [1.54, 1.807) is 11.1 Å². The van der Waals surface area contributed by atoms with Gasteiger partial charge in [-0.2, -0.15) is 0 Å². The molecule has 1 saturated heterocycles. The number of hydrogen-bond acceptors (Lipinski definition) is 3. The zero-order valence-corrected chi connectivity index (χ0v) is 14.3. The van der Waals surface area contributed by atoms with Crippen molar-refractivity contribution in [1.82, 2.24) is 14.5 Å². The standard InChI is InChI=1S/C18H22N4O3/c1-12-8-14(17(23)24)11-22(10-12)18(25)20-15-5-3-4-13(9-15)16-19-6-7-21(16)2/h3-7,9,12,14H,8,10-11H2,1-2H3,(H,20,25)(H,23,24). The lowest BCUT2D eigenvalue weighted by Crippen LogP contribution is -2.47. The molecule has 0 aliphatic carbocycles. The lowest BCUT2D eigenvalue weighted by atomic mass is 9.91. The van der Waals surface area contributed by atoms with Gasteiger partial charge in [-0.15, -0.1) is 0 Å². The van der Waals surface area contributed by atoms with Gasteiger partial charge in [-0.25, -0.2) is 9.78 Å². The van der Waals surface area contributed by atoms with E-state index in [4.69, 9.17) is 0 Å². The first-order valence-electron chi connectivity index (χ1n) is 8.30. The first-order chi connectivity index (χ1) is 11.9. The number of imidazole rings is 1. The van der Waals surface area contributed by atoms with E-state index in [0.717, 1.165) is 11.4 Å². The number of piperidine rings is 1. The highest BCUT2D eigenvalue weighted by Crippen LogP contribution is 2.24. The van der Waals surface area contributed by atoms with Gasteiger partial charge < -0.3 is 19.9 Å². The number of aryl methyl sites for hydroxylation is 1. The summed E-state index contributed by atoms with van der Waals surface area (Å²) in [5.41, 5.74) is 1.57. The molecule has 1 aromatic heterocycles. The Labute approximate surface area is 146 Å². The number of aliphatic carboxylic acids is 1. The Kier molecular flexibility index (Phi) is 4.74. The number of carbonyl (C=O) groups is 2. The molecule has 3 rings (SSSR count). The first kappa shape index (κ1) is 17.0. The highest BCUT2D eigenvalue weighted by atomic mass is 16.4. The minimum absolute atomic E-state index is 0.166. The Hall–Kier alpha value is -2.83. The van der Waals surface area contributed by atoms with Crippen molar-refractivity contribution in [2.24, 2.45) is 18.9 Å². The van der Waals surface area contributed by atoms with Crippen LogP contribution >= 0.6 is 0 Å². The highest BCUT2D eigenvalue weighted by Gasteiger charge is 2.31. The van der Waals surface area contributed by atoms with Gasteiger partial charge in [0.2, 0.25) is 0 Å². The zero-order chi connectivity index (χ0) is 18.0. The van der Waals surface area contributed by atoms with Crippen molar-refractivity contribution in [1.29, 1.82) is 0 Å². The Morgan fingerprint density at radius 1 is 1.32 bits per heavy atom. The van der Waals surface area contributed by atoms with Crippen molar-refractivity contribution in [2.75, 3.05) is 18.4 Å². The van der Waals surface area contributed by atoms with Crippen molar-refractivity contribution >= 4 is 17.7 Å².